The van der Waals surface area contributed by atoms with Crippen LogP contribution in [-0.2, 0) is 6.54 Å². The van der Waals surface area contributed by atoms with Gasteiger partial charge in [0.25, 0.3) is 5.69 Å². The number of nitro groups is 1. The lowest BCUT2D eigenvalue weighted by atomic mass is 10.1. The number of halogens is 1. The third-order valence-electron chi connectivity index (χ3n) is 3.17. The van der Waals surface area contributed by atoms with Crippen LogP contribution in [0.25, 0.3) is 0 Å². The summed E-state index contributed by atoms with van der Waals surface area (Å²) >= 11 is 0. The Bertz CT molecular complexity index is 656. The molecule has 2 aromatic rings. The second-order valence-electron chi connectivity index (χ2n) is 4.66. The molecule has 104 valence electrons. The molecule has 0 unspecified atom stereocenters. The molecule has 2 rings (SSSR count). The highest BCUT2D eigenvalue weighted by Gasteiger charge is 2.13. The molecule has 2 aromatic carbocycles. The van der Waals surface area contributed by atoms with Crippen LogP contribution in [-0.4, -0.2) is 4.92 Å². The molecular formula is C15H15FN2O2. The molecule has 20 heavy (non-hydrogen) atoms. The van der Waals surface area contributed by atoms with Crippen molar-refractivity contribution in [3.63, 3.8) is 0 Å². The molecule has 0 spiro atoms. The first-order valence-corrected chi connectivity index (χ1v) is 6.22. The molecule has 0 radical (unpaired) electrons. The monoisotopic (exact) mass is 274 g/mol. The van der Waals surface area contributed by atoms with E-state index in [0.717, 1.165) is 5.56 Å². The zero-order valence-corrected chi connectivity index (χ0v) is 11.3. The third-order valence-corrected chi connectivity index (χ3v) is 3.17. The Morgan fingerprint density at radius 2 is 1.90 bits per heavy atom. The Kier molecular flexibility index (Phi) is 3.98. The number of hydrogen-bond donors (Lipinski definition) is 1. The first kappa shape index (κ1) is 14.0. The van der Waals surface area contributed by atoms with Gasteiger partial charge in [0.1, 0.15) is 5.82 Å². The minimum Gasteiger partial charge on any atom is -0.380 e. The van der Waals surface area contributed by atoms with Gasteiger partial charge in [0.15, 0.2) is 0 Å². The average molecular weight is 274 g/mol. The van der Waals surface area contributed by atoms with E-state index in [0.29, 0.717) is 16.8 Å². The summed E-state index contributed by atoms with van der Waals surface area (Å²) in [6.07, 6.45) is 0. The van der Waals surface area contributed by atoms with Gasteiger partial charge in [-0.2, -0.15) is 0 Å². The maximum atomic E-state index is 13.5. The molecule has 0 aromatic heterocycles. The standard InChI is InChI=1S/C15H15FN2O2/c1-10-7-11(2)15(18(19)20)8-14(10)17-9-12-5-3-4-6-13(12)16/h3-8,17H,9H2,1-2H3. The number of anilines is 1. The molecule has 0 aliphatic carbocycles. The lowest BCUT2D eigenvalue weighted by Crippen LogP contribution is -2.04. The number of aryl methyl sites for hydroxylation is 2. The molecule has 0 bridgehead atoms. The van der Waals surface area contributed by atoms with Crippen LogP contribution in [0.15, 0.2) is 36.4 Å². The minimum atomic E-state index is -0.414. The summed E-state index contributed by atoms with van der Waals surface area (Å²) < 4.78 is 13.5. The van der Waals surface area contributed by atoms with Crippen LogP contribution in [0.3, 0.4) is 0 Å². The van der Waals surface area contributed by atoms with Crippen LogP contribution in [0.4, 0.5) is 15.8 Å². The van der Waals surface area contributed by atoms with Crippen LogP contribution in [0.5, 0.6) is 0 Å². The van der Waals surface area contributed by atoms with E-state index in [1.165, 1.54) is 12.1 Å². The van der Waals surface area contributed by atoms with Crippen molar-refractivity contribution in [3.8, 4) is 0 Å². The number of nitro benzene ring substituents is 1. The van der Waals surface area contributed by atoms with Gasteiger partial charge in [-0.3, -0.25) is 10.1 Å². The van der Waals surface area contributed by atoms with E-state index in [1.54, 1.807) is 31.2 Å². The second-order valence-corrected chi connectivity index (χ2v) is 4.66. The zero-order valence-electron chi connectivity index (χ0n) is 11.3. The quantitative estimate of drug-likeness (QED) is 0.678. The summed E-state index contributed by atoms with van der Waals surface area (Å²) in [6, 6.07) is 9.69. The molecule has 0 aliphatic rings. The Hall–Kier alpha value is -2.43. The number of nitrogens with one attached hydrogen (secondary N) is 1. The maximum absolute atomic E-state index is 13.5. The molecule has 0 fully saturated rings. The first-order chi connectivity index (χ1) is 9.49. The maximum Gasteiger partial charge on any atom is 0.274 e. The Morgan fingerprint density at radius 1 is 1.20 bits per heavy atom. The highest BCUT2D eigenvalue weighted by atomic mass is 19.1. The van der Waals surface area contributed by atoms with Gasteiger partial charge < -0.3 is 5.32 Å². The number of benzene rings is 2. The average Bonchev–Trinajstić information content (AvgIpc) is 2.39. The van der Waals surface area contributed by atoms with E-state index < -0.39 is 4.92 Å². The van der Waals surface area contributed by atoms with Crippen LogP contribution < -0.4 is 5.32 Å². The first-order valence-electron chi connectivity index (χ1n) is 6.22. The molecular weight excluding hydrogens is 259 g/mol. The Labute approximate surface area is 116 Å². The molecule has 0 aliphatic heterocycles. The van der Waals surface area contributed by atoms with Crippen molar-refractivity contribution in [2.24, 2.45) is 0 Å². The van der Waals surface area contributed by atoms with Crippen LogP contribution in [0.2, 0.25) is 0 Å². The molecule has 0 saturated heterocycles. The molecule has 0 amide bonds. The molecule has 4 nitrogen and oxygen atoms in total. The summed E-state index contributed by atoms with van der Waals surface area (Å²) in [4.78, 5) is 10.5. The van der Waals surface area contributed by atoms with E-state index in [-0.39, 0.29) is 18.0 Å². The predicted octanol–water partition coefficient (Wildman–Crippen LogP) is 3.96. The Balaban J connectivity index is 2.24. The van der Waals surface area contributed by atoms with Crippen LogP contribution in [0, 0.1) is 29.8 Å². The van der Waals surface area contributed by atoms with E-state index in [2.05, 4.69) is 5.32 Å². The molecule has 1 N–H and O–H groups in total. The van der Waals surface area contributed by atoms with Gasteiger partial charge in [-0.15, -0.1) is 0 Å². The SMILES string of the molecule is Cc1cc(C)c([N+](=O)[O-])cc1NCc1ccccc1F. The van der Waals surface area contributed by atoms with Crippen molar-refractivity contribution < 1.29 is 9.31 Å². The fourth-order valence-corrected chi connectivity index (χ4v) is 2.06. The number of rotatable bonds is 4. The van der Waals surface area contributed by atoms with Gasteiger partial charge in [-0.25, -0.2) is 4.39 Å². The lowest BCUT2D eigenvalue weighted by Gasteiger charge is -2.11. The summed E-state index contributed by atoms with van der Waals surface area (Å²) in [5, 5.41) is 14.0. The van der Waals surface area contributed by atoms with Crippen LogP contribution >= 0.6 is 0 Å². The largest absolute Gasteiger partial charge is 0.380 e. The Morgan fingerprint density at radius 3 is 2.55 bits per heavy atom. The smallest absolute Gasteiger partial charge is 0.274 e. The van der Waals surface area contributed by atoms with Crippen molar-refractivity contribution in [1.29, 1.82) is 0 Å². The topological polar surface area (TPSA) is 55.2 Å². The minimum absolute atomic E-state index is 0.0617. The van der Waals surface area contributed by atoms with Crippen molar-refractivity contribution in [2.75, 3.05) is 5.32 Å². The van der Waals surface area contributed by atoms with Crippen LogP contribution in [0.1, 0.15) is 16.7 Å². The highest BCUT2D eigenvalue weighted by Crippen LogP contribution is 2.26. The van der Waals surface area contributed by atoms with E-state index in [9.17, 15) is 14.5 Å². The normalized spacial score (nSPS) is 10.3. The van der Waals surface area contributed by atoms with Gasteiger partial charge in [0.05, 0.1) is 4.92 Å². The number of nitrogens with zero attached hydrogens (tertiary/aromatic N) is 1. The van der Waals surface area contributed by atoms with E-state index >= 15 is 0 Å². The lowest BCUT2D eigenvalue weighted by molar-refractivity contribution is -0.385. The predicted molar refractivity (Wildman–Crippen MR) is 76.3 cm³/mol. The second kappa shape index (κ2) is 5.69. The van der Waals surface area contributed by atoms with Crippen molar-refractivity contribution in [1.82, 2.24) is 0 Å². The zero-order chi connectivity index (χ0) is 14.7. The molecule has 0 atom stereocenters. The summed E-state index contributed by atoms with van der Waals surface area (Å²) in [5.41, 5.74) is 2.74. The fourth-order valence-electron chi connectivity index (χ4n) is 2.06. The fraction of sp³-hybridized carbons (Fsp3) is 0.200. The summed E-state index contributed by atoms with van der Waals surface area (Å²) in [5.74, 6) is -0.292. The molecule has 0 heterocycles. The molecule has 0 saturated carbocycles. The van der Waals surface area contributed by atoms with Gasteiger partial charge in [-0.05, 0) is 31.5 Å². The van der Waals surface area contributed by atoms with Gasteiger partial charge in [0.2, 0.25) is 0 Å². The van der Waals surface area contributed by atoms with E-state index in [4.69, 9.17) is 0 Å². The highest BCUT2D eigenvalue weighted by molar-refractivity contribution is 5.60. The van der Waals surface area contributed by atoms with E-state index in [1.807, 2.05) is 6.92 Å². The van der Waals surface area contributed by atoms with Gasteiger partial charge in [0, 0.05) is 29.4 Å². The van der Waals surface area contributed by atoms with Gasteiger partial charge >= 0.3 is 0 Å². The summed E-state index contributed by atoms with van der Waals surface area (Å²) in [6.45, 7) is 3.85. The molecule has 5 heteroatoms. The number of hydrogen-bond acceptors (Lipinski definition) is 3. The van der Waals surface area contributed by atoms with Crippen molar-refractivity contribution in [3.05, 3.63) is 69.0 Å². The van der Waals surface area contributed by atoms with Crippen molar-refractivity contribution >= 4 is 11.4 Å². The summed E-state index contributed by atoms with van der Waals surface area (Å²) in [7, 11) is 0. The van der Waals surface area contributed by atoms with Crippen molar-refractivity contribution in [2.45, 2.75) is 20.4 Å². The van der Waals surface area contributed by atoms with Gasteiger partial charge in [-0.1, -0.05) is 18.2 Å². The third kappa shape index (κ3) is 2.93.